The van der Waals surface area contributed by atoms with E-state index in [0.717, 1.165) is 5.69 Å². The average Bonchev–Trinajstić information content (AvgIpc) is 3.09. The number of aromatic nitrogens is 1. The van der Waals surface area contributed by atoms with E-state index in [2.05, 4.69) is 15.6 Å². The maximum absolute atomic E-state index is 12.3. The summed E-state index contributed by atoms with van der Waals surface area (Å²) in [6, 6.07) is 12.4. The minimum atomic E-state index is -0.287. The number of nitrogen functional groups attached to an aromatic ring is 1. The van der Waals surface area contributed by atoms with Crippen LogP contribution in [-0.4, -0.2) is 35.4 Å². The van der Waals surface area contributed by atoms with Gasteiger partial charge >= 0.3 is 0 Å². The zero-order valence-electron chi connectivity index (χ0n) is 13.7. The van der Waals surface area contributed by atoms with Gasteiger partial charge in [0, 0.05) is 24.7 Å². The third-order valence-electron chi connectivity index (χ3n) is 4.02. The summed E-state index contributed by atoms with van der Waals surface area (Å²) < 4.78 is 5.90. The Morgan fingerprint density at radius 1 is 1.36 bits per heavy atom. The minimum absolute atomic E-state index is 0.00164. The van der Waals surface area contributed by atoms with E-state index >= 15 is 0 Å². The van der Waals surface area contributed by atoms with E-state index in [1.54, 1.807) is 24.4 Å². The maximum atomic E-state index is 12.3. The highest BCUT2D eigenvalue weighted by molar-refractivity contribution is 5.95. The second-order valence-electron chi connectivity index (χ2n) is 5.92. The molecule has 2 unspecified atom stereocenters. The van der Waals surface area contributed by atoms with Crippen LogP contribution in [-0.2, 0) is 11.3 Å². The molecule has 7 heteroatoms. The number of nitrogens with one attached hydrogen (secondary N) is 3. The van der Waals surface area contributed by atoms with Gasteiger partial charge in [-0.25, -0.2) is 0 Å². The molecule has 5 N–H and O–H groups in total. The van der Waals surface area contributed by atoms with E-state index in [1.807, 2.05) is 24.3 Å². The molecule has 7 nitrogen and oxygen atoms in total. The second kappa shape index (κ2) is 7.76. The van der Waals surface area contributed by atoms with Gasteiger partial charge in [0.1, 0.15) is 17.7 Å². The van der Waals surface area contributed by atoms with Crippen molar-refractivity contribution in [3.63, 3.8) is 0 Å². The largest absolute Gasteiger partial charge is 0.489 e. The number of pyridine rings is 1. The molecule has 1 saturated heterocycles. The topological polar surface area (TPSA) is 113 Å². The third kappa shape index (κ3) is 4.54. The van der Waals surface area contributed by atoms with Crippen LogP contribution in [0.4, 0.5) is 0 Å². The zero-order chi connectivity index (χ0) is 17.6. The number of carbonyl (C=O) groups excluding carboxylic acids is 1. The number of ether oxygens (including phenoxy) is 1. The summed E-state index contributed by atoms with van der Waals surface area (Å²) in [6.45, 7) is 0.996. The summed E-state index contributed by atoms with van der Waals surface area (Å²) in [5.41, 5.74) is 6.93. The fraction of sp³-hybridized carbons (Fsp3) is 0.278. The van der Waals surface area contributed by atoms with Crippen LogP contribution in [0.5, 0.6) is 5.75 Å². The summed E-state index contributed by atoms with van der Waals surface area (Å²) in [7, 11) is 0. The molecule has 1 aliphatic heterocycles. The van der Waals surface area contributed by atoms with Crippen molar-refractivity contribution in [1.29, 1.82) is 5.41 Å². The van der Waals surface area contributed by atoms with Crippen LogP contribution < -0.4 is 21.1 Å². The highest BCUT2D eigenvalue weighted by Gasteiger charge is 2.30. The van der Waals surface area contributed by atoms with Crippen molar-refractivity contribution in [1.82, 2.24) is 15.6 Å². The van der Waals surface area contributed by atoms with Gasteiger partial charge < -0.3 is 21.1 Å². The van der Waals surface area contributed by atoms with E-state index in [-0.39, 0.29) is 23.9 Å². The molecule has 2 atom stereocenters. The van der Waals surface area contributed by atoms with Crippen LogP contribution in [0, 0.1) is 5.41 Å². The fourth-order valence-electron chi connectivity index (χ4n) is 2.73. The Morgan fingerprint density at radius 2 is 2.24 bits per heavy atom. The number of carbonyl (C=O) groups is 1. The molecule has 25 heavy (non-hydrogen) atoms. The van der Waals surface area contributed by atoms with E-state index in [9.17, 15) is 4.79 Å². The van der Waals surface area contributed by atoms with Gasteiger partial charge in [0.25, 0.3) is 0 Å². The standard InChI is InChI=1S/C18H21N5O2/c19-17(20)12-4-3-6-14(8-12)25-15-9-16(22-11-15)18(24)23-10-13-5-1-2-7-21-13/h1-8,15-16,22H,9-11H2,(H3,19,20)(H,23,24). The number of nitrogens with two attached hydrogens (primary N) is 1. The number of rotatable bonds is 6. The van der Waals surface area contributed by atoms with Crippen molar-refractivity contribution in [3.8, 4) is 5.75 Å². The number of amides is 1. The fourth-order valence-corrected chi connectivity index (χ4v) is 2.73. The predicted octanol–water partition coefficient (Wildman–Crippen LogP) is 0.791. The van der Waals surface area contributed by atoms with Crippen LogP contribution in [0.2, 0.25) is 0 Å². The Hall–Kier alpha value is -2.93. The molecule has 1 aromatic carbocycles. The first-order chi connectivity index (χ1) is 12.1. The summed E-state index contributed by atoms with van der Waals surface area (Å²) >= 11 is 0. The highest BCUT2D eigenvalue weighted by Crippen LogP contribution is 2.19. The maximum Gasteiger partial charge on any atom is 0.237 e. The summed E-state index contributed by atoms with van der Waals surface area (Å²) in [5.74, 6) is 0.588. The monoisotopic (exact) mass is 339 g/mol. The molecular formula is C18H21N5O2. The first-order valence-electron chi connectivity index (χ1n) is 8.14. The van der Waals surface area contributed by atoms with E-state index in [1.165, 1.54) is 0 Å². The molecule has 3 rings (SSSR count). The Kier molecular flexibility index (Phi) is 5.25. The average molecular weight is 339 g/mol. The SMILES string of the molecule is N=C(N)c1cccc(OC2CNC(C(=O)NCc3ccccn3)C2)c1. The van der Waals surface area contributed by atoms with Gasteiger partial charge in [0.15, 0.2) is 0 Å². The molecule has 2 aromatic rings. The van der Waals surface area contributed by atoms with Crippen molar-refractivity contribution in [3.05, 3.63) is 59.9 Å². The number of amidine groups is 1. The molecule has 0 spiro atoms. The highest BCUT2D eigenvalue weighted by atomic mass is 16.5. The van der Waals surface area contributed by atoms with Crippen LogP contribution in [0.3, 0.4) is 0 Å². The van der Waals surface area contributed by atoms with Crippen LogP contribution >= 0.6 is 0 Å². The lowest BCUT2D eigenvalue weighted by Gasteiger charge is -2.14. The first kappa shape index (κ1) is 16.9. The summed E-state index contributed by atoms with van der Waals surface area (Å²) in [6.07, 6.45) is 2.18. The van der Waals surface area contributed by atoms with Crippen molar-refractivity contribution >= 4 is 11.7 Å². The number of hydrogen-bond acceptors (Lipinski definition) is 5. The third-order valence-corrected chi connectivity index (χ3v) is 4.02. The van der Waals surface area contributed by atoms with Crippen LogP contribution in [0.15, 0.2) is 48.7 Å². The Bertz CT molecular complexity index is 750. The summed E-state index contributed by atoms with van der Waals surface area (Å²) in [5, 5.41) is 13.5. The van der Waals surface area contributed by atoms with E-state index in [0.29, 0.717) is 30.8 Å². The normalized spacial score (nSPS) is 19.4. The molecule has 2 heterocycles. The number of nitrogens with zero attached hydrogens (tertiary/aromatic N) is 1. The van der Waals surface area contributed by atoms with Crippen molar-refractivity contribution in [2.45, 2.75) is 25.1 Å². The van der Waals surface area contributed by atoms with Gasteiger partial charge in [0.05, 0.1) is 18.3 Å². The first-order valence-corrected chi connectivity index (χ1v) is 8.14. The molecule has 1 amide bonds. The van der Waals surface area contributed by atoms with Gasteiger partial charge in [-0.05, 0) is 24.3 Å². The van der Waals surface area contributed by atoms with Crippen molar-refractivity contribution in [2.24, 2.45) is 5.73 Å². The Morgan fingerprint density at radius 3 is 3.00 bits per heavy atom. The number of benzene rings is 1. The van der Waals surface area contributed by atoms with Gasteiger partial charge in [-0.2, -0.15) is 0 Å². The van der Waals surface area contributed by atoms with Gasteiger partial charge in [-0.1, -0.05) is 18.2 Å². The van der Waals surface area contributed by atoms with Gasteiger partial charge in [-0.3, -0.25) is 15.2 Å². The van der Waals surface area contributed by atoms with E-state index < -0.39 is 0 Å². The van der Waals surface area contributed by atoms with Crippen LogP contribution in [0.1, 0.15) is 17.7 Å². The van der Waals surface area contributed by atoms with Crippen LogP contribution in [0.25, 0.3) is 0 Å². The lowest BCUT2D eigenvalue weighted by molar-refractivity contribution is -0.123. The molecule has 0 radical (unpaired) electrons. The lowest BCUT2D eigenvalue weighted by Crippen LogP contribution is -2.40. The zero-order valence-corrected chi connectivity index (χ0v) is 13.7. The number of hydrogen-bond donors (Lipinski definition) is 4. The molecule has 0 saturated carbocycles. The Labute approximate surface area is 146 Å². The molecular weight excluding hydrogens is 318 g/mol. The van der Waals surface area contributed by atoms with Crippen molar-refractivity contribution in [2.75, 3.05) is 6.54 Å². The molecule has 0 bridgehead atoms. The van der Waals surface area contributed by atoms with Gasteiger partial charge in [-0.15, -0.1) is 0 Å². The molecule has 130 valence electrons. The minimum Gasteiger partial charge on any atom is -0.489 e. The van der Waals surface area contributed by atoms with Gasteiger partial charge in [0.2, 0.25) is 5.91 Å². The smallest absolute Gasteiger partial charge is 0.237 e. The second-order valence-corrected chi connectivity index (χ2v) is 5.92. The molecule has 0 aliphatic carbocycles. The Balaban J connectivity index is 1.50. The quantitative estimate of drug-likeness (QED) is 0.459. The molecule has 1 aromatic heterocycles. The predicted molar refractivity (Wildman–Crippen MR) is 94.4 cm³/mol. The van der Waals surface area contributed by atoms with Crippen molar-refractivity contribution < 1.29 is 9.53 Å². The summed E-state index contributed by atoms with van der Waals surface area (Å²) in [4.78, 5) is 16.4. The lowest BCUT2D eigenvalue weighted by atomic mass is 10.1. The molecule has 1 fully saturated rings. The van der Waals surface area contributed by atoms with E-state index in [4.69, 9.17) is 15.9 Å². The molecule has 1 aliphatic rings.